The maximum Gasteiger partial charge on any atom is 0.573 e. The first-order valence-corrected chi connectivity index (χ1v) is 12.3. The molecule has 0 unspecified atom stereocenters. The molecule has 0 bridgehead atoms. The van der Waals surface area contributed by atoms with Crippen LogP contribution in [0.4, 0.5) is 18.9 Å². The van der Waals surface area contributed by atoms with Gasteiger partial charge in [0.15, 0.2) is 0 Å². The van der Waals surface area contributed by atoms with Crippen LogP contribution in [-0.4, -0.2) is 58.2 Å². The Hall–Kier alpha value is -3.94. The van der Waals surface area contributed by atoms with Gasteiger partial charge in [-0.2, -0.15) is 10.2 Å². The molecule has 0 saturated carbocycles. The minimum absolute atomic E-state index is 0.282. The van der Waals surface area contributed by atoms with E-state index in [1.54, 1.807) is 18.5 Å². The van der Waals surface area contributed by atoms with Gasteiger partial charge in [0.25, 0.3) is 5.56 Å². The highest BCUT2D eigenvalue weighted by atomic mass is 19.4. The summed E-state index contributed by atoms with van der Waals surface area (Å²) < 4.78 is 47.2. The minimum Gasteiger partial charge on any atom is -0.406 e. The quantitative estimate of drug-likeness (QED) is 0.151. The van der Waals surface area contributed by atoms with E-state index >= 15 is 0 Å². The van der Waals surface area contributed by atoms with Gasteiger partial charge in [-0.25, -0.2) is 5.10 Å². The number of hydrogen-bond acceptors (Lipinski definition) is 8. The van der Waals surface area contributed by atoms with Crippen LogP contribution in [0.1, 0.15) is 24.0 Å². The maximum absolute atomic E-state index is 12.5. The Morgan fingerprint density at radius 2 is 1.72 bits per heavy atom. The van der Waals surface area contributed by atoms with Crippen molar-refractivity contribution < 1.29 is 27.8 Å². The van der Waals surface area contributed by atoms with Crippen molar-refractivity contribution in [1.29, 1.82) is 0 Å². The number of aliphatic hydroxyl groups excluding tert-OH is 1. The lowest BCUT2D eigenvalue weighted by atomic mass is 10.1. The number of aromatic amines is 2. The summed E-state index contributed by atoms with van der Waals surface area (Å²) >= 11 is 0. The van der Waals surface area contributed by atoms with E-state index < -0.39 is 6.36 Å². The zero-order chi connectivity index (χ0) is 27.7. The standard InChI is InChI=1S/C26H29F3N6O4/c27-26(28,29)39-21-8-17(7-18(9-21)16-36)13-30-3-1-2-5-38-6-4-31-23-10-19(11-24-22(23)15-33-34-24)20-12-25(37)35-32-14-20/h7-12,14-15,30-31,36H,1-6,13,16H2,(H,33,34)(H,35,37). The van der Waals surface area contributed by atoms with Crippen molar-refractivity contribution in [3.63, 3.8) is 0 Å². The van der Waals surface area contributed by atoms with Crippen LogP contribution in [0, 0.1) is 0 Å². The van der Waals surface area contributed by atoms with Gasteiger partial charge in [-0.3, -0.25) is 9.89 Å². The SMILES string of the molecule is O=c1cc(-c2cc(NCCOCCCCNCc3cc(CO)cc(OC(F)(F)F)c3)c3cn[nH]c3c2)cn[nH]1. The lowest BCUT2D eigenvalue weighted by molar-refractivity contribution is -0.274. The Morgan fingerprint density at radius 3 is 2.51 bits per heavy atom. The second kappa shape index (κ2) is 13.2. The highest BCUT2D eigenvalue weighted by Gasteiger charge is 2.31. The number of hydrogen-bond donors (Lipinski definition) is 5. The topological polar surface area (TPSA) is 137 Å². The first-order chi connectivity index (χ1) is 18.8. The number of halogens is 3. The molecule has 4 aromatic rings. The molecular weight excluding hydrogens is 517 g/mol. The third-order valence-electron chi connectivity index (χ3n) is 5.78. The number of unbranched alkanes of at least 4 members (excludes halogenated alkanes) is 1. The number of aromatic nitrogens is 4. The monoisotopic (exact) mass is 546 g/mol. The van der Waals surface area contributed by atoms with Gasteiger partial charge >= 0.3 is 6.36 Å². The summed E-state index contributed by atoms with van der Waals surface area (Å²) in [5.74, 6) is -0.347. The van der Waals surface area contributed by atoms with E-state index in [4.69, 9.17) is 4.74 Å². The minimum atomic E-state index is -4.79. The number of aliphatic hydroxyl groups is 1. The van der Waals surface area contributed by atoms with Gasteiger partial charge in [-0.05, 0) is 60.3 Å². The highest BCUT2D eigenvalue weighted by Crippen LogP contribution is 2.29. The van der Waals surface area contributed by atoms with Gasteiger partial charge in [-0.1, -0.05) is 6.07 Å². The molecule has 2 heterocycles. The Labute approximate surface area is 221 Å². The smallest absolute Gasteiger partial charge is 0.406 e. The average molecular weight is 547 g/mol. The van der Waals surface area contributed by atoms with Gasteiger partial charge in [0.05, 0.1) is 31.1 Å². The fourth-order valence-corrected chi connectivity index (χ4v) is 4.06. The van der Waals surface area contributed by atoms with Crippen LogP contribution in [0.3, 0.4) is 0 Å². The summed E-state index contributed by atoms with van der Waals surface area (Å²) in [7, 11) is 0. The van der Waals surface area contributed by atoms with E-state index in [2.05, 4.69) is 35.8 Å². The van der Waals surface area contributed by atoms with Gasteiger partial charge in [-0.15, -0.1) is 13.2 Å². The number of alkyl halides is 3. The van der Waals surface area contributed by atoms with Crippen LogP contribution in [0.25, 0.3) is 22.0 Å². The normalized spacial score (nSPS) is 11.7. The van der Waals surface area contributed by atoms with Crippen molar-refractivity contribution in [1.82, 2.24) is 25.7 Å². The highest BCUT2D eigenvalue weighted by molar-refractivity contribution is 5.95. The number of H-pyrrole nitrogens is 2. The number of anilines is 1. The van der Waals surface area contributed by atoms with E-state index in [-0.39, 0.29) is 17.9 Å². The van der Waals surface area contributed by atoms with Gasteiger partial charge in [0.2, 0.25) is 0 Å². The summed E-state index contributed by atoms with van der Waals surface area (Å²) in [4.78, 5) is 11.6. The third-order valence-corrected chi connectivity index (χ3v) is 5.78. The molecule has 0 aliphatic carbocycles. The Balaban J connectivity index is 1.16. The number of rotatable bonds is 14. The molecule has 0 aliphatic heterocycles. The Kier molecular flexibility index (Phi) is 9.52. The van der Waals surface area contributed by atoms with Crippen LogP contribution in [-0.2, 0) is 17.9 Å². The molecule has 0 aliphatic rings. The first-order valence-electron chi connectivity index (χ1n) is 12.3. The van der Waals surface area contributed by atoms with Crippen LogP contribution in [0.2, 0.25) is 0 Å². The summed E-state index contributed by atoms with van der Waals surface area (Å²) in [6.45, 7) is 2.24. The number of nitrogens with one attached hydrogen (secondary N) is 4. The Bertz CT molecular complexity index is 1420. The maximum atomic E-state index is 12.5. The zero-order valence-electron chi connectivity index (χ0n) is 21.0. The van der Waals surface area contributed by atoms with Crippen LogP contribution in [0.15, 0.2) is 53.6 Å². The van der Waals surface area contributed by atoms with Crippen molar-refractivity contribution in [3.8, 4) is 16.9 Å². The van der Waals surface area contributed by atoms with E-state index in [9.17, 15) is 23.1 Å². The number of ether oxygens (including phenoxy) is 2. The molecule has 13 heteroatoms. The number of benzene rings is 2. The van der Waals surface area contributed by atoms with Crippen molar-refractivity contribution in [2.75, 3.05) is 31.6 Å². The van der Waals surface area contributed by atoms with Crippen LogP contribution >= 0.6 is 0 Å². The molecule has 39 heavy (non-hydrogen) atoms. The van der Waals surface area contributed by atoms with Crippen LogP contribution in [0.5, 0.6) is 5.75 Å². The molecule has 5 N–H and O–H groups in total. The third kappa shape index (κ3) is 8.53. The van der Waals surface area contributed by atoms with E-state index in [0.717, 1.165) is 35.0 Å². The largest absolute Gasteiger partial charge is 0.573 e. The number of fused-ring (bicyclic) bond motifs is 1. The summed E-state index contributed by atoms with van der Waals surface area (Å²) in [6.07, 6.45) is 0.164. The zero-order valence-corrected chi connectivity index (χ0v) is 21.0. The van der Waals surface area contributed by atoms with E-state index in [1.165, 1.54) is 18.2 Å². The lowest BCUT2D eigenvalue weighted by Gasteiger charge is -2.13. The molecule has 0 radical (unpaired) electrons. The molecule has 4 rings (SSSR count). The first kappa shape index (κ1) is 28.1. The van der Waals surface area contributed by atoms with E-state index in [0.29, 0.717) is 49.5 Å². The van der Waals surface area contributed by atoms with Crippen molar-refractivity contribution >= 4 is 16.6 Å². The molecule has 0 spiro atoms. The second-order valence-electron chi connectivity index (χ2n) is 8.80. The average Bonchev–Trinajstić information content (AvgIpc) is 3.37. The van der Waals surface area contributed by atoms with Crippen molar-refractivity contribution in [3.05, 3.63) is 70.3 Å². The predicted molar refractivity (Wildman–Crippen MR) is 139 cm³/mol. The molecule has 208 valence electrons. The summed E-state index contributed by atoms with van der Waals surface area (Å²) in [5, 5.41) is 30.0. The summed E-state index contributed by atoms with van der Waals surface area (Å²) in [6, 6.07) is 9.44. The number of nitrogens with zero attached hydrogens (tertiary/aromatic N) is 2. The molecular formula is C26H29F3N6O4. The molecule has 0 atom stereocenters. The van der Waals surface area contributed by atoms with E-state index in [1.807, 2.05) is 12.1 Å². The fraction of sp³-hybridized carbons (Fsp3) is 0.346. The fourth-order valence-electron chi connectivity index (χ4n) is 4.06. The molecule has 2 aromatic carbocycles. The summed E-state index contributed by atoms with van der Waals surface area (Å²) in [5.41, 5.74) is 3.87. The second-order valence-corrected chi connectivity index (χ2v) is 8.80. The molecule has 0 saturated heterocycles. The van der Waals surface area contributed by atoms with Gasteiger partial charge in [0, 0.05) is 42.4 Å². The van der Waals surface area contributed by atoms with Gasteiger partial charge in [0.1, 0.15) is 5.75 Å². The van der Waals surface area contributed by atoms with Crippen molar-refractivity contribution in [2.24, 2.45) is 0 Å². The van der Waals surface area contributed by atoms with Gasteiger partial charge < -0.3 is 25.2 Å². The molecule has 0 amide bonds. The predicted octanol–water partition coefficient (Wildman–Crippen LogP) is 3.70. The molecule has 2 aromatic heterocycles. The molecule has 10 nitrogen and oxygen atoms in total. The van der Waals surface area contributed by atoms with Crippen molar-refractivity contribution in [2.45, 2.75) is 32.4 Å². The Morgan fingerprint density at radius 1 is 0.897 bits per heavy atom. The van der Waals surface area contributed by atoms with Crippen LogP contribution < -0.4 is 20.9 Å². The lowest BCUT2D eigenvalue weighted by Crippen LogP contribution is -2.18. The molecule has 0 fully saturated rings.